The van der Waals surface area contributed by atoms with Crippen molar-refractivity contribution in [2.24, 2.45) is 0 Å². The number of unbranched alkanes of at least 4 members (excludes halogenated alkanes) is 1. The topological polar surface area (TPSA) is 12.0 Å². The van der Waals surface area contributed by atoms with Gasteiger partial charge in [0.15, 0.2) is 0 Å². The molecule has 0 spiro atoms. The maximum absolute atomic E-state index is 3.64. The van der Waals surface area contributed by atoms with Gasteiger partial charge in [0.05, 0.1) is 0 Å². The van der Waals surface area contributed by atoms with Crippen LogP contribution in [0, 0.1) is 0 Å². The molecule has 0 saturated heterocycles. The highest BCUT2D eigenvalue weighted by atomic mass is 79.9. The minimum Gasteiger partial charge on any atom is -0.308 e. The zero-order chi connectivity index (χ0) is 12.0. The summed E-state index contributed by atoms with van der Waals surface area (Å²) in [4.78, 5) is 0. The summed E-state index contributed by atoms with van der Waals surface area (Å²) in [6, 6.07) is 9.53. The van der Waals surface area contributed by atoms with Crippen molar-refractivity contribution in [1.82, 2.24) is 5.32 Å². The Hall–Kier alpha value is -0.340. The lowest BCUT2D eigenvalue weighted by Gasteiger charge is -2.20. The second-order valence-electron chi connectivity index (χ2n) is 4.49. The van der Waals surface area contributed by atoms with E-state index in [9.17, 15) is 0 Å². The summed E-state index contributed by atoms with van der Waals surface area (Å²) in [7, 11) is 0. The predicted octanol–water partition coefficient (Wildman–Crippen LogP) is 4.68. The van der Waals surface area contributed by atoms with Gasteiger partial charge in [0.2, 0.25) is 0 Å². The monoisotopic (exact) mass is 283 g/mol. The van der Waals surface area contributed by atoms with Crippen LogP contribution in [0.5, 0.6) is 0 Å². The van der Waals surface area contributed by atoms with E-state index < -0.39 is 0 Å². The van der Waals surface area contributed by atoms with Gasteiger partial charge in [0, 0.05) is 16.6 Å². The van der Waals surface area contributed by atoms with Gasteiger partial charge in [0.25, 0.3) is 0 Å². The van der Waals surface area contributed by atoms with Crippen LogP contribution in [0.2, 0.25) is 0 Å². The van der Waals surface area contributed by atoms with Crippen LogP contribution < -0.4 is 5.32 Å². The molecule has 2 unspecified atom stereocenters. The molecule has 0 aliphatic carbocycles. The van der Waals surface area contributed by atoms with Crippen molar-refractivity contribution in [3.8, 4) is 0 Å². The molecule has 1 aromatic carbocycles. The maximum atomic E-state index is 3.64. The molecule has 0 heterocycles. The largest absolute Gasteiger partial charge is 0.308 e. The van der Waals surface area contributed by atoms with E-state index in [0.717, 1.165) is 4.47 Å². The lowest BCUT2D eigenvalue weighted by atomic mass is 10.1. The van der Waals surface area contributed by atoms with E-state index in [-0.39, 0.29) is 0 Å². The smallest absolute Gasteiger partial charge is 0.0294 e. The highest BCUT2D eigenvalue weighted by Gasteiger charge is 2.08. The Kier molecular flexibility index (Phi) is 6.07. The number of halogens is 1. The van der Waals surface area contributed by atoms with Crippen LogP contribution in [0.3, 0.4) is 0 Å². The van der Waals surface area contributed by atoms with Gasteiger partial charge < -0.3 is 5.32 Å². The molecule has 0 amide bonds. The van der Waals surface area contributed by atoms with Gasteiger partial charge in [-0.1, -0.05) is 47.8 Å². The lowest BCUT2D eigenvalue weighted by molar-refractivity contribution is 0.444. The summed E-state index contributed by atoms with van der Waals surface area (Å²) in [6.07, 6.45) is 3.84. The van der Waals surface area contributed by atoms with Gasteiger partial charge >= 0.3 is 0 Å². The molecule has 0 aliphatic rings. The molecule has 0 saturated carbocycles. The van der Waals surface area contributed by atoms with E-state index in [1.165, 1.54) is 24.8 Å². The molecule has 1 N–H and O–H groups in total. The third kappa shape index (κ3) is 4.67. The van der Waals surface area contributed by atoms with Crippen molar-refractivity contribution in [1.29, 1.82) is 0 Å². The van der Waals surface area contributed by atoms with Crippen LogP contribution in [0.1, 0.15) is 51.6 Å². The van der Waals surface area contributed by atoms with Gasteiger partial charge in [0.1, 0.15) is 0 Å². The summed E-state index contributed by atoms with van der Waals surface area (Å²) in [5.41, 5.74) is 1.35. The van der Waals surface area contributed by atoms with Crippen molar-refractivity contribution < 1.29 is 0 Å². The summed E-state index contributed by atoms with van der Waals surface area (Å²) < 4.78 is 1.15. The number of hydrogen-bond acceptors (Lipinski definition) is 1. The highest BCUT2D eigenvalue weighted by Crippen LogP contribution is 2.18. The molecular formula is C14H22BrN. The molecule has 1 nitrogen and oxygen atoms in total. The zero-order valence-corrected chi connectivity index (χ0v) is 12.0. The number of nitrogens with one attached hydrogen (secondary N) is 1. The first kappa shape index (κ1) is 13.7. The molecular weight excluding hydrogens is 262 g/mol. The summed E-state index contributed by atoms with van der Waals surface area (Å²) in [5, 5.41) is 3.64. The molecule has 2 atom stereocenters. The third-order valence-corrected chi connectivity index (χ3v) is 3.37. The van der Waals surface area contributed by atoms with E-state index in [1.807, 2.05) is 0 Å². The Morgan fingerprint density at radius 2 is 2.06 bits per heavy atom. The van der Waals surface area contributed by atoms with Crippen molar-refractivity contribution in [2.45, 2.75) is 52.1 Å². The van der Waals surface area contributed by atoms with Crippen molar-refractivity contribution in [2.75, 3.05) is 0 Å². The normalized spacial score (nSPS) is 14.8. The minimum atomic E-state index is 0.421. The fourth-order valence-electron chi connectivity index (χ4n) is 1.89. The van der Waals surface area contributed by atoms with E-state index in [4.69, 9.17) is 0 Å². The van der Waals surface area contributed by atoms with Crippen LogP contribution in [0.4, 0.5) is 0 Å². The highest BCUT2D eigenvalue weighted by molar-refractivity contribution is 9.10. The van der Waals surface area contributed by atoms with Gasteiger partial charge in [-0.05, 0) is 38.0 Å². The average Bonchev–Trinajstić information content (AvgIpc) is 2.26. The van der Waals surface area contributed by atoms with Crippen LogP contribution in [0.15, 0.2) is 28.7 Å². The molecule has 90 valence electrons. The summed E-state index contributed by atoms with van der Waals surface area (Å²) in [5.74, 6) is 0. The van der Waals surface area contributed by atoms with Crippen molar-refractivity contribution in [3.05, 3.63) is 34.3 Å². The average molecular weight is 284 g/mol. The van der Waals surface area contributed by atoms with E-state index in [1.54, 1.807) is 0 Å². The number of hydrogen-bond donors (Lipinski definition) is 1. The molecule has 1 aromatic rings. The Bertz CT molecular complexity index is 311. The second-order valence-corrected chi connectivity index (χ2v) is 5.40. The fraction of sp³-hybridized carbons (Fsp3) is 0.571. The third-order valence-electron chi connectivity index (χ3n) is 2.87. The van der Waals surface area contributed by atoms with Gasteiger partial charge in [-0.25, -0.2) is 0 Å². The molecule has 2 heteroatoms. The van der Waals surface area contributed by atoms with Crippen LogP contribution >= 0.6 is 15.9 Å². The standard InChI is InChI=1S/C14H22BrN/c1-4-5-7-11(2)16-12(3)13-8-6-9-14(15)10-13/h6,8-12,16H,4-5,7H2,1-3H3. The van der Waals surface area contributed by atoms with Crippen LogP contribution in [-0.2, 0) is 0 Å². The molecule has 16 heavy (non-hydrogen) atoms. The summed E-state index contributed by atoms with van der Waals surface area (Å²) >= 11 is 3.51. The van der Waals surface area contributed by atoms with E-state index in [0.29, 0.717) is 12.1 Å². The fourth-order valence-corrected chi connectivity index (χ4v) is 2.31. The molecule has 0 bridgehead atoms. The van der Waals surface area contributed by atoms with Crippen molar-refractivity contribution in [3.63, 3.8) is 0 Å². The Morgan fingerprint density at radius 1 is 1.31 bits per heavy atom. The lowest BCUT2D eigenvalue weighted by Crippen LogP contribution is -2.28. The van der Waals surface area contributed by atoms with Crippen LogP contribution in [-0.4, -0.2) is 6.04 Å². The first-order valence-corrected chi connectivity index (χ1v) is 6.94. The maximum Gasteiger partial charge on any atom is 0.0294 e. The first-order chi connectivity index (χ1) is 7.63. The Balaban J connectivity index is 2.48. The Labute approximate surface area is 108 Å². The zero-order valence-electron chi connectivity index (χ0n) is 10.5. The summed E-state index contributed by atoms with van der Waals surface area (Å²) in [6.45, 7) is 6.73. The van der Waals surface area contributed by atoms with E-state index in [2.05, 4.69) is 66.3 Å². The van der Waals surface area contributed by atoms with Gasteiger partial charge in [-0.3, -0.25) is 0 Å². The van der Waals surface area contributed by atoms with Crippen LogP contribution in [0.25, 0.3) is 0 Å². The Morgan fingerprint density at radius 3 is 2.69 bits per heavy atom. The SMILES string of the molecule is CCCCC(C)NC(C)c1cccc(Br)c1. The molecule has 0 aromatic heterocycles. The molecule has 1 rings (SSSR count). The second kappa shape index (κ2) is 7.08. The van der Waals surface area contributed by atoms with Crippen molar-refractivity contribution >= 4 is 15.9 Å². The van der Waals surface area contributed by atoms with E-state index >= 15 is 0 Å². The molecule has 0 radical (unpaired) electrons. The van der Waals surface area contributed by atoms with Gasteiger partial charge in [-0.15, -0.1) is 0 Å². The van der Waals surface area contributed by atoms with Gasteiger partial charge in [-0.2, -0.15) is 0 Å². The molecule has 0 fully saturated rings. The predicted molar refractivity (Wildman–Crippen MR) is 74.7 cm³/mol. The number of benzene rings is 1. The quantitative estimate of drug-likeness (QED) is 0.800. The first-order valence-electron chi connectivity index (χ1n) is 6.15. The number of rotatable bonds is 6. The minimum absolute atomic E-state index is 0.421. The molecule has 0 aliphatic heterocycles.